The Balaban J connectivity index is 0.000000830. The van der Waals surface area contributed by atoms with Crippen LogP contribution < -0.4 is 26.9 Å². The lowest BCUT2D eigenvalue weighted by Gasteiger charge is -2.25. The monoisotopic (exact) mass is 501 g/mol. The van der Waals surface area contributed by atoms with Crippen LogP contribution in [0, 0.1) is 6.92 Å². The number of ether oxygens (including phenoxy) is 3. The van der Waals surface area contributed by atoms with Crippen molar-refractivity contribution in [3.63, 3.8) is 0 Å². The third kappa shape index (κ3) is 9.86. The standard InChI is InChI=1S/C21H28N6O4.C3H7NO/c1-14-8-16(20(22)26-27(23)12-18-13-30-6-7-31-18)10-19(25-14)21(28)24-11-15-4-3-5-17(9-15)29-2;1-3(5)4-2/h3-5,8-10,18H,6-7,11-13,23H2,1-2H3,(H2,22,26)(H,24,28);1-2H3,(H,4,5). The molecule has 2 heterocycles. The first-order chi connectivity index (χ1) is 17.2. The number of hydrogen-bond acceptors (Lipinski definition) is 9. The third-order valence-electron chi connectivity index (χ3n) is 4.93. The van der Waals surface area contributed by atoms with Gasteiger partial charge in [-0.1, -0.05) is 12.1 Å². The molecule has 3 rings (SSSR count). The van der Waals surface area contributed by atoms with Crippen LogP contribution in [-0.4, -0.2) is 74.4 Å². The van der Waals surface area contributed by atoms with Crippen LogP contribution in [-0.2, 0) is 20.8 Å². The van der Waals surface area contributed by atoms with Gasteiger partial charge in [-0.05, 0) is 36.8 Å². The first kappa shape index (κ1) is 28.5. The van der Waals surface area contributed by atoms with E-state index in [-0.39, 0.29) is 29.4 Å². The lowest BCUT2D eigenvalue weighted by Crippen LogP contribution is -2.41. The summed E-state index contributed by atoms with van der Waals surface area (Å²) in [5.74, 6) is 6.52. The quantitative estimate of drug-likeness (QED) is 0.172. The average molecular weight is 502 g/mol. The fourth-order valence-electron chi connectivity index (χ4n) is 3.08. The van der Waals surface area contributed by atoms with Gasteiger partial charge < -0.3 is 30.6 Å². The molecule has 12 nitrogen and oxygen atoms in total. The Morgan fingerprint density at radius 2 is 2.03 bits per heavy atom. The predicted molar refractivity (Wildman–Crippen MR) is 135 cm³/mol. The van der Waals surface area contributed by atoms with Crippen LogP contribution in [0.4, 0.5) is 0 Å². The summed E-state index contributed by atoms with van der Waals surface area (Å²) >= 11 is 0. The van der Waals surface area contributed by atoms with Crippen molar-refractivity contribution in [3.8, 4) is 5.75 Å². The second kappa shape index (κ2) is 14.6. The molecule has 0 aliphatic carbocycles. The van der Waals surface area contributed by atoms with Crippen LogP contribution in [0.5, 0.6) is 5.75 Å². The fraction of sp³-hybridized carbons (Fsp3) is 0.417. The van der Waals surface area contributed by atoms with Crippen LogP contribution in [0.1, 0.15) is 34.2 Å². The van der Waals surface area contributed by atoms with Gasteiger partial charge in [0.15, 0.2) is 5.84 Å². The molecular weight excluding hydrogens is 466 g/mol. The number of pyridine rings is 1. The SMILES string of the molecule is CNC(C)=O.COc1cccc(CNC(=O)c2cc(/C(N)=N/N(N)CC3COCCO3)cc(C)n2)c1. The number of hydrazone groups is 1. The van der Waals surface area contributed by atoms with E-state index in [0.29, 0.717) is 44.2 Å². The topological polar surface area (TPSA) is 166 Å². The van der Waals surface area contributed by atoms with Gasteiger partial charge in [0.2, 0.25) is 5.91 Å². The number of nitrogens with two attached hydrogens (primary N) is 2. The highest BCUT2D eigenvalue weighted by molar-refractivity contribution is 6.00. The number of aryl methyl sites for hydroxylation is 1. The third-order valence-corrected chi connectivity index (χ3v) is 4.93. The van der Waals surface area contributed by atoms with E-state index in [2.05, 4.69) is 20.7 Å². The number of nitrogens with one attached hydrogen (secondary N) is 2. The van der Waals surface area contributed by atoms with Gasteiger partial charge in [0.25, 0.3) is 5.91 Å². The molecule has 1 atom stereocenters. The van der Waals surface area contributed by atoms with Gasteiger partial charge in [0.1, 0.15) is 17.5 Å². The number of carbonyl (C=O) groups is 2. The normalized spacial score (nSPS) is 15.2. The molecular formula is C24H35N7O5. The second-order valence-corrected chi connectivity index (χ2v) is 7.90. The van der Waals surface area contributed by atoms with Gasteiger partial charge in [-0.25, -0.2) is 15.9 Å². The average Bonchev–Trinajstić information content (AvgIpc) is 2.87. The van der Waals surface area contributed by atoms with Gasteiger partial charge in [-0.3, -0.25) is 9.59 Å². The van der Waals surface area contributed by atoms with Gasteiger partial charge in [0.05, 0.1) is 33.5 Å². The van der Waals surface area contributed by atoms with Crippen molar-refractivity contribution >= 4 is 17.6 Å². The molecule has 0 bridgehead atoms. The molecule has 2 aromatic rings. The first-order valence-electron chi connectivity index (χ1n) is 11.4. The summed E-state index contributed by atoms with van der Waals surface area (Å²) in [7, 11) is 3.20. The summed E-state index contributed by atoms with van der Waals surface area (Å²) in [5.41, 5.74) is 8.45. The van der Waals surface area contributed by atoms with E-state index in [4.69, 9.17) is 25.8 Å². The van der Waals surface area contributed by atoms with Gasteiger partial charge >= 0.3 is 0 Å². The molecule has 196 valence electrons. The predicted octanol–water partition coefficient (Wildman–Crippen LogP) is 0.292. The molecule has 0 saturated carbocycles. The van der Waals surface area contributed by atoms with Crippen molar-refractivity contribution in [2.75, 3.05) is 40.5 Å². The maximum atomic E-state index is 12.6. The minimum absolute atomic E-state index is 0.00463. The summed E-state index contributed by atoms with van der Waals surface area (Å²) in [6, 6.07) is 10.8. The zero-order valence-corrected chi connectivity index (χ0v) is 21.1. The number of hydrogen-bond donors (Lipinski definition) is 4. The summed E-state index contributed by atoms with van der Waals surface area (Å²) in [5, 5.41) is 10.6. The van der Waals surface area contributed by atoms with E-state index < -0.39 is 0 Å². The molecule has 1 aromatic heterocycles. The number of rotatable bonds is 8. The Labute approximate surface area is 210 Å². The second-order valence-electron chi connectivity index (χ2n) is 7.90. The molecule has 1 aromatic carbocycles. The van der Waals surface area contributed by atoms with E-state index in [1.165, 1.54) is 12.0 Å². The molecule has 1 fully saturated rings. The lowest BCUT2D eigenvalue weighted by molar-refractivity contribution is -0.118. The van der Waals surface area contributed by atoms with Crippen LogP contribution in [0.15, 0.2) is 41.5 Å². The summed E-state index contributed by atoms with van der Waals surface area (Å²) in [6.07, 6.45) is -0.174. The van der Waals surface area contributed by atoms with Crippen molar-refractivity contribution < 1.29 is 23.8 Å². The molecule has 1 aliphatic rings. The van der Waals surface area contributed by atoms with Crippen molar-refractivity contribution in [2.24, 2.45) is 16.7 Å². The Kier molecular flexibility index (Phi) is 11.6. The van der Waals surface area contributed by atoms with Crippen molar-refractivity contribution in [1.82, 2.24) is 20.7 Å². The Morgan fingerprint density at radius 1 is 1.28 bits per heavy atom. The maximum absolute atomic E-state index is 12.6. The van der Waals surface area contributed by atoms with Crippen molar-refractivity contribution in [3.05, 3.63) is 58.9 Å². The number of benzene rings is 1. The van der Waals surface area contributed by atoms with E-state index in [1.54, 1.807) is 33.2 Å². The van der Waals surface area contributed by atoms with Crippen LogP contribution in [0.3, 0.4) is 0 Å². The molecule has 12 heteroatoms. The lowest BCUT2D eigenvalue weighted by atomic mass is 10.1. The summed E-state index contributed by atoms with van der Waals surface area (Å²) < 4.78 is 16.1. The number of carbonyl (C=O) groups excluding carboxylic acids is 2. The Morgan fingerprint density at radius 3 is 2.67 bits per heavy atom. The summed E-state index contributed by atoms with van der Waals surface area (Å²) in [4.78, 5) is 26.6. The van der Waals surface area contributed by atoms with Crippen LogP contribution in [0.25, 0.3) is 0 Å². The number of amidine groups is 1. The highest BCUT2D eigenvalue weighted by Crippen LogP contribution is 2.13. The smallest absolute Gasteiger partial charge is 0.270 e. The number of nitrogens with zero attached hydrogens (tertiary/aromatic N) is 3. The summed E-state index contributed by atoms with van der Waals surface area (Å²) in [6.45, 7) is 5.47. The van der Waals surface area contributed by atoms with Gasteiger partial charge in [-0.2, -0.15) is 0 Å². The molecule has 1 unspecified atom stereocenters. The number of hydrazine groups is 1. The Bertz CT molecular complexity index is 1040. The zero-order valence-electron chi connectivity index (χ0n) is 21.1. The highest BCUT2D eigenvalue weighted by atomic mass is 16.6. The molecule has 1 saturated heterocycles. The fourth-order valence-corrected chi connectivity index (χ4v) is 3.08. The molecule has 36 heavy (non-hydrogen) atoms. The first-order valence-corrected chi connectivity index (χ1v) is 11.4. The minimum Gasteiger partial charge on any atom is -0.497 e. The van der Waals surface area contributed by atoms with E-state index in [1.807, 2.05) is 24.3 Å². The van der Waals surface area contributed by atoms with E-state index in [9.17, 15) is 9.59 Å². The van der Waals surface area contributed by atoms with E-state index >= 15 is 0 Å². The minimum atomic E-state index is -0.321. The van der Waals surface area contributed by atoms with Gasteiger partial charge in [0, 0.05) is 31.8 Å². The largest absolute Gasteiger partial charge is 0.497 e. The molecule has 2 amide bonds. The molecule has 1 aliphatic heterocycles. The maximum Gasteiger partial charge on any atom is 0.270 e. The zero-order chi connectivity index (χ0) is 26.5. The molecule has 0 radical (unpaired) electrons. The van der Waals surface area contributed by atoms with Crippen LogP contribution in [0.2, 0.25) is 0 Å². The number of methoxy groups -OCH3 is 1. The van der Waals surface area contributed by atoms with Crippen molar-refractivity contribution in [1.29, 1.82) is 0 Å². The number of aromatic nitrogens is 1. The van der Waals surface area contributed by atoms with Crippen LogP contribution >= 0.6 is 0 Å². The molecule has 0 spiro atoms. The van der Waals surface area contributed by atoms with Crippen molar-refractivity contribution in [2.45, 2.75) is 26.5 Å². The Hall–Kier alpha value is -3.74. The van der Waals surface area contributed by atoms with E-state index in [0.717, 1.165) is 11.3 Å². The molecule has 6 N–H and O–H groups in total. The number of amides is 2. The van der Waals surface area contributed by atoms with Gasteiger partial charge in [-0.15, -0.1) is 5.10 Å². The highest BCUT2D eigenvalue weighted by Gasteiger charge is 2.17.